The van der Waals surface area contributed by atoms with E-state index in [0.29, 0.717) is 51.1 Å². The van der Waals surface area contributed by atoms with Gasteiger partial charge < -0.3 is 18.9 Å². The van der Waals surface area contributed by atoms with E-state index in [-0.39, 0.29) is 0 Å². The molecule has 0 aromatic carbocycles. The lowest BCUT2D eigenvalue weighted by atomic mass is 10.5. The lowest BCUT2D eigenvalue weighted by Gasteiger charge is -2.07. The number of ether oxygens (including phenoxy) is 4. The molecule has 0 aromatic heterocycles. The van der Waals surface area contributed by atoms with Gasteiger partial charge in [-0.25, -0.2) is 0 Å². The van der Waals surface area contributed by atoms with Crippen molar-refractivity contribution in [2.75, 3.05) is 53.4 Å². The molecule has 0 aliphatic heterocycles. The highest BCUT2D eigenvalue weighted by Gasteiger charge is 1.95. The van der Waals surface area contributed by atoms with Crippen molar-refractivity contribution in [3.8, 4) is 0 Å². The van der Waals surface area contributed by atoms with Crippen LogP contribution in [0, 0.1) is 0 Å². The standard InChI is InChI=1S/C10H21BrO4/c1-10(11)9-15-8-7-14-6-5-13-4-3-12-2/h10H,3-9H2,1-2H3. The summed E-state index contributed by atoms with van der Waals surface area (Å²) in [4.78, 5) is 0.398. The normalized spacial score (nSPS) is 13.0. The van der Waals surface area contributed by atoms with Gasteiger partial charge in [0, 0.05) is 11.9 Å². The van der Waals surface area contributed by atoms with Crippen LogP contribution in [0.2, 0.25) is 0 Å². The Morgan fingerprint density at radius 1 is 0.867 bits per heavy atom. The summed E-state index contributed by atoms with van der Waals surface area (Å²) in [6, 6.07) is 0. The lowest BCUT2D eigenvalue weighted by molar-refractivity contribution is 0.00431. The van der Waals surface area contributed by atoms with Gasteiger partial charge in [-0.2, -0.15) is 0 Å². The number of hydrogen-bond acceptors (Lipinski definition) is 4. The molecule has 0 aromatic rings. The molecule has 0 aliphatic carbocycles. The maximum atomic E-state index is 5.31. The second kappa shape index (κ2) is 12.4. The van der Waals surface area contributed by atoms with Crippen LogP contribution in [0.3, 0.4) is 0 Å². The molecule has 0 radical (unpaired) electrons. The molecule has 4 nitrogen and oxygen atoms in total. The van der Waals surface area contributed by atoms with Crippen LogP contribution in [0.15, 0.2) is 0 Å². The van der Waals surface area contributed by atoms with Crippen LogP contribution >= 0.6 is 15.9 Å². The minimum absolute atomic E-state index is 0.398. The number of rotatable bonds is 11. The Morgan fingerprint density at radius 2 is 1.33 bits per heavy atom. The fourth-order valence-corrected chi connectivity index (χ4v) is 1.01. The van der Waals surface area contributed by atoms with Crippen molar-refractivity contribution in [1.29, 1.82) is 0 Å². The minimum Gasteiger partial charge on any atom is -0.382 e. The molecule has 0 heterocycles. The van der Waals surface area contributed by atoms with E-state index in [1.807, 2.05) is 6.92 Å². The third-order valence-corrected chi connectivity index (χ3v) is 1.79. The second-order valence-electron chi connectivity index (χ2n) is 3.07. The van der Waals surface area contributed by atoms with Gasteiger partial charge in [-0.1, -0.05) is 22.9 Å². The third-order valence-electron chi connectivity index (χ3n) is 1.52. The summed E-state index contributed by atoms with van der Waals surface area (Å²) in [5.74, 6) is 0. The average Bonchev–Trinajstić information content (AvgIpc) is 2.20. The number of halogens is 1. The van der Waals surface area contributed by atoms with Crippen LogP contribution in [-0.4, -0.2) is 58.2 Å². The van der Waals surface area contributed by atoms with Crippen molar-refractivity contribution in [3.63, 3.8) is 0 Å². The van der Waals surface area contributed by atoms with Gasteiger partial charge in [0.25, 0.3) is 0 Å². The first-order chi connectivity index (χ1) is 7.27. The van der Waals surface area contributed by atoms with Crippen molar-refractivity contribution in [2.45, 2.75) is 11.8 Å². The van der Waals surface area contributed by atoms with Gasteiger partial charge >= 0.3 is 0 Å². The summed E-state index contributed by atoms with van der Waals surface area (Å²) in [7, 11) is 1.65. The molecule has 1 unspecified atom stereocenters. The van der Waals surface area contributed by atoms with Gasteiger partial charge in [-0.05, 0) is 0 Å². The largest absolute Gasteiger partial charge is 0.382 e. The summed E-state index contributed by atoms with van der Waals surface area (Å²) < 4.78 is 20.7. The van der Waals surface area contributed by atoms with Crippen LogP contribution in [0.1, 0.15) is 6.92 Å². The highest BCUT2D eigenvalue weighted by atomic mass is 79.9. The molecule has 1 atom stereocenters. The zero-order chi connectivity index (χ0) is 11.4. The lowest BCUT2D eigenvalue weighted by Crippen LogP contribution is -2.13. The predicted octanol–water partition coefficient (Wildman–Crippen LogP) is 1.47. The molecule has 0 saturated heterocycles. The van der Waals surface area contributed by atoms with E-state index in [2.05, 4.69) is 15.9 Å². The van der Waals surface area contributed by atoms with E-state index >= 15 is 0 Å². The van der Waals surface area contributed by atoms with Crippen molar-refractivity contribution in [1.82, 2.24) is 0 Å². The Labute approximate surface area is 100 Å². The van der Waals surface area contributed by atoms with Crippen molar-refractivity contribution < 1.29 is 18.9 Å². The Balaban J connectivity index is 2.87. The van der Waals surface area contributed by atoms with Crippen LogP contribution < -0.4 is 0 Å². The fourth-order valence-electron chi connectivity index (χ4n) is 0.828. The second-order valence-corrected chi connectivity index (χ2v) is 4.64. The Morgan fingerprint density at radius 3 is 1.80 bits per heavy atom. The van der Waals surface area contributed by atoms with Gasteiger partial charge in [0.2, 0.25) is 0 Å². The van der Waals surface area contributed by atoms with E-state index in [1.54, 1.807) is 7.11 Å². The fraction of sp³-hybridized carbons (Fsp3) is 1.00. The minimum atomic E-state index is 0.398. The molecule has 0 fully saturated rings. The van der Waals surface area contributed by atoms with Crippen molar-refractivity contribution >= 4 is 15.9 Å². The Bertz CT molecular complexity index is 122. The molecule has 92 valence electrons. The molecule has 5 heteroatoms. The quantitative estimate of drug-likeness (QED) is 0.425. The molecule has 0 spiro atoms. The molecule has 0 amide bonds. The van der Waals surface area contributed by atoms with Crippen LogP contribution in [0.4, 0.5) is 0 Å². The van der Waals surface area contributed by atoms with Gasteiger partial charge in [0.15, 0.2) is 0 Å². The number of hydrogen-bond donors (Lipinski definition) is 0. The molecule has 0 rings (SSSR count). The van der Waals surface area contributed by atoms with Crippen molar-refractivity contribution in [2.24, 2.45) is 0 Å². The van der Waals surface area contributed by atoms with Crippen molar-refractivity contribution in [3.05, 3.63) is 0 Å². The number of methoxy groups -OCH3 is 1. The maximum absolute atomic E-state index is 5.31. The molecule has 0 aliphatic rings. The molecule has 0 saturated carbocycles. The molecule has 0 N–H and O–H groups in total. The molecular weight excluding hydrogens is 264 g/mol. The van der Waals surface area contributed by atoms with E-state index < -0.39 is 0 Å². The van der Waals surface area contributed by atoms with Crippen LogP contribution in [0.25, 0.3) is 0 Å². The summed E-state index contributed by atoms with van der Waals surface area (Å²) >= 11 is 3.39. The predicted molar refractivity (Wildman–Crippen MR) is 62.7 cm³/mol. The van der Waals surface area contributed by atoms with E-state index in [4.69, 9.17) is 18.9 Å². The van der Waals surface area contributed by atoms with Gasteiger partial charge in [0.1, 0.15) is 0 Å². The van der Waals surface area contributed by atoms with E-state index in [1.165, 1.54) is 0 Å². The van der Waals surface area contributed by atoms with Crippen LogP contribution in [-0.2, 0) is 18.9 Å². The first-order valence-electron chi connectivity index (χ1n) is 5.13. The van der Waals surface area contributed by atoms with Crippen LogP contribution in [0.5, 0.6) is 0 Å². The van der Waals surface area contributed by atoms with Gasteiger partial charge in [-0.3, -0.25) is 0 Å². The first kappa shape index (κ1) is 15.3. The topological polar surface area (TPSA) is 36.9 Å². The zero-order valence-corrected chi connectivity index (χ0v) is 11.1. The summed E-state index contributed by atoms with van der Waals surface area (Å²) in [5, 5.41) is 0. The monoisotopic (exact) mass is 284 g/mol. The van der Waals surface area contributed by atoms with Gasteiger partial charge in [0.05, 0.1) is 46.2 Å². The average molecular weight is 285 g/mol. The Hall–Kier alpha value is 0.320. The molecule has 0 bridgehead atoms. The third kappa shape index (κ3) is 14.3. The first-order valence-corrected chi connectivity index (χ1v) is 6.05. The highest BCUT2D eigenvalue weighted by molar-refractivity contribution is 9.09. The smallest absolute Gasteiger partial charge is 0.0701 e. The summed E-state index contributed by atoms with van der Waals surface area (Å²) in [6.07, 6.45) is 0. The SMILES string of the molecule is COCCOCCOCCOCC(C)Br. The maximum Gasteiger partial charge on any atom is 0.0701 e. The molecular formula is C10H21BrO4. The molecule has 15 heavy (non-hydrogen) atoms. The summed E-state index contributed by atoms with van der Waals surface area (Å²) in [5.41, 5.74) is 0. The Kier molecular flexibility index (Phi) is 12.7. The highest BCUT2D eigenvalue weighted by Crippen LogP contribution is 1.96. The number of alkyl halides is 1. The summed E-state index contributed by atoms with van der Waals surface area (Å²) in [6.45, 7) is 6.48. The van der Waals surface area contributed by atoms with E-state index in [9.17, 15) is 0 Å². The van der Waals surface area contributed by atoms with Gasteiger partial charge in [-0.15, -0.1) is 0 Å². The van der Waals surface area contributed by atoms with E-state index in [0.717, 1.165) is 0 Å². The zero-order valence-electron chi connectivity index (χ0n) is 9.54.